The van der Waals surface area contributed by atoms with Gasteiger partial charge in [0.25, 0.3) is 0 Å². The van der Waals surface area contributed by atoms with E-state index in [1.807, 2.05) is 67.8 Å². The number of nitrogens with one attached hydrogen (secondary N) is 1. The third-order valence-electron chi connectivity index (χ3n) is 5.24. The summed E-state index contributed by atoms with van der Waals surface area (Å²) in [6.45, 7) is 3.41. The normalized spacial score (nSPS) is 10.6. The molecule has 1 N–H and O–H groups in total. The Kier molecular flexibility index (Phi) is 9.44. The maximum atomic E-state index is 13.3. The van der Waals surface area contributed by atoms with Gasteiger partial charge >= 0.3 is 6.03 Å². The lowest BCUT2D eigenvalue weighted by Crippen LogP contribution is -2.45. The topological polar surface area (TPSA) is 65.8 Å². The molecule has 0 aliphatic rings. The molecule has 3 aromatic rings. The molecule has 6 nitrogen and oxygen atoms in total. The number of furan rings is 1. The Labute approximate surface area is 200 Å². The lowest BCUT2D eigenvalue weighted by Gasteiger charge is -2.27. The smallest absolute Gasteiger partial charge is 0.322 e. The molecule has 0 saturated heterocycles. The van der Waals surface area contributed by atoms with Gasteiger partial charge in [-0.3, -0.25) is 4.79 Å². The number of rotatable bonds is 11. The Balaban J connectivity index is 1.66. The molecule has 3 amide bonds. The summed E-state index contributed by atoms with van der Waals surface area (Å²) in [5.74, 6) is 0.612. The standard InChI is InChI=1S/C26H31N3O3S/c1-3-16-29(26(31)27-22-11-13-24(33-2)14-12-22)20-25(30)28(19-23-10-7-18-32-23)17-15-21-8-5-4-6-9-21/h4-14,18H,3,15-17,19-20H2,1-2H3,(H,27,31). The highest BCUT2D eigenvalue weighted by atomic mass is 32.2. The number of hydrogen-bond acceptors (Lipinski definition) is 4. The van der Waals surface area contributed by atoms with Crippen molar-refractivity contribution in [2.45, 2.75) is 31.2 Å². The van der Waals surface area contributed by atoms with Crippen molar-refractivity contribution < 1.29 is 14.0 Å². The van der Waals surface area contributed by atoms with Crippen LogP contribution in [0.5, 0.6) is 0 Å². The Bertz CT molecular complexity index is 991. The van der Waals surface area contributed by atoms with E-state index in [0.29, 0.717) is 25.3 Å². The van der Waals surface area contributed by atoms with Gasteiger partial charge in [0.2, 0.25) is 5.91 Å². The molecule has 174 valence electrons. The van der Waals surface area contributed by atoms with Gasteiger partial charge in [-0.15, -0.1) is 11.8 Å². The zero-order chi connectivity index (χ0) is 23.5. The second kappa shape index (κ2) is 12.7. The number of thioether (sulfide) groups is 1. The number of amides is 3. The van der Waals surface area contributed by atoms with E-state index < -0.39 is 0 Å². The minimum Gasteiger partial charge on any atom is -0.467 e. The van der Waals surface area contributed by atoms with E-state index in [9.17, 15) is 9.59 Å². The number of carbonyl (C=O) groups excluding carboxylic acids is 2. The van der Waals surface area contributed by atoms with Crippen LogP contribution in [0.25, 0.3) is 0 Å². The summed E-state index contributed by atoms with van der Waals surface area (Å²) < 4.78 is 5.48. The summed E-state index contributed by atoms with van der Waals surface area (Å²) in [5, 5.41) is 2.91. The quantitative estimate of drug-likeness (QED) is 0.379. The van der Waals surface area contributed by atoms with E-state index in [2.05, 4.69) is 17.4 Å². The van der Waals surface area contributed by atoms with Crippen LogP contribution < -0.4 is 5.32 Å². The third kappa shape index (κ3) is 7.71. The molecule has 2 aromatic carbocycles. The number of nitrogens with zero attached hydrogens (tertiary/aromatic N) is 2. The summed E-state index contributed by atoms with van der Waals surface area (Å²) in [6.07, 6.45) is 5.10. The predicted octanol–water partition coefficient (Wildman–Crippen LogP) is 5.52. The Hall–Kier alpha value is -3.19. The van der Waals surface area contributed by atoms with Gasteiger partial charge in [0.1, 0.15) is 12.3 Å². The molecule has 1 aromatic heterocycles. The first-order chi connectivity index (χ1) is 16.1. The van der Waals surface area contributed by atoms with E-state index in [4.69, 9.17) is 4.42 Å². The molecule has 33 heavy (non-hydrogen) atoms. The number of benzene rings is 2. The van der Waals surface area contributed by atoms with Crippen LogP contribution >= 0.6 is 11.8 Å². The lowest BCUT2D eigenvalue weighted by molar-refractivity contribution is -0.132. The van der Waals surface area contributed by atoms with Crippen LogP contribution in [0.2, 0.25) is 0 Å². The van der Waals surface area contributed by atoms with Crippen molar-refractivity contribution >= 4 is 29.4 Å². The van der Waals surface area contributed by atoms with Gasteiger partial charge in [0.15, 0.2) is 0 Å². The van der Waals surface area contributed by atoms with Gasteiger partial charge in [-0.1, -0.05) is 37.3 Å². The molecule has 0 atom stereocenters. The van der Waals surface area contributed by atoms with E-state index in [-0.39, 0.29) is 18.5 Å². The molecule has 1 heterocycles. The monoisotopic (exact) mass is 465 g/mol. The molecule has 3 rings (SSSR count). The Morgan fingerprint density at radius 2 is 1.70 bits per heavy atom. The Morgan fingerprint density at radius 1 is 0.939 bits per heavy atom. The molecule has 0 radical (unpaired) electrons. The first-order valence-electron chi connectivity index (χ1n) is 11.1. The molecule has 0 aliphatic heterocycles. The molecule has 0 fully saturated rings. The molecular formula is C26H31N3O3S. The van der Waals surface area contributed by atoms with Crippen molar-refractivity contribution in [3.05, 3.63) is 84.3 Å². The number of hydrogen-bond donors (Lipinski definition) is 1. The maximum absolute atomic E-state index is 13.3. The van der Waals surface area contributed by atoms with Crippen LogP contribution in [-0.4, -0.2) is 47.6 Å². The maximum Gasteiger partial charge on any atom is 0.322 e. The summed E-state index contributed by atoms with van der Waals surface area (Å²) in [6, 6.07) is 21.1. The second-order valence-electron chi connectivity index (χ2n) is 7.71. The highest BCUT2D eigenvalue weighted by molar-refractivity contribution is 7.98. The zero-order valence-corrected chi connectivity index (χ0v) is 20.0. The average Bonchev–Trinajstić information content (AvgIpc) is 3.35. The van der Waals surface area contributed by atoms with Crippen LogP contribution in [0, 0.1) is 0 Å². The number of urea groups is 1. The summed E-state index contributed by atoms with van der Waals surface area (Å²) in [5.41, 5.74) is 1.87. The molecular weight excluding hydrogens is 434 g/mol. The van der Waals surface area contributed by atoms with Crippen LogP contribution in [-0.2, 0) is 17.8 Å². The molecule has 7 heteroatoms. The van der Waals surface area contributed by atoms with E-state index in [0.717, 1.165) is 29.1 Å². The zero-order valence-electron chi connectivity index (χ0n) is 19.2. The molecule has 0 unspecified atom stereocenters. The van der Waals surface area contributed by atoms with Crippen LogP contribution in [0.3, 0.4) is 0 Å². The first kappa shape index (κ1) is 24.5. The summed E-state index contributed by atoms with van der Waals surface area (Å²) in [4.78, 5) is 30.7. The van der Waals surface area contributed by atoms with Crippen LogP contribution in [0.15, 0.2) is 82.3 Å². The van der Waals surface area contributed by atoms with Gasteiger partial charge < -0.3 is 19.5 Å². The van der Waals surface area contributed by atoms with Gasteiger partial charge in [-0.2, -0.15) is 0 Å². The van der Waals surface area contributed by atoms with Crippen molar-refractivity contribution in [3.63, 3.8) is 0 Å². The van der Waals surface area contributed by atoms with Crippen molar-refractivity contribution in [3.8, 4) is 0 Å². The van der Waals surface area contributed by atoms with Crippen molar-refractivity contribution in [2.75, 3.05) is 31.2 Å². The highest BCUT2D eigenvalue weighted by Crippen LogP contribution is 2.18. The van der Waals surface area contributed by atoms with E-state index in [1.165, 1.54) is 0 Å². The van der Waals surface area contributed by atoms with Gasteiger partial charge in [0, 0.05) is 23.7 Å². The molecule has 0 bridgehead atoms. The van der Waals surface area contributed by atoms with Gasteiger partial charge in [-0.25, -0.2) is 4.79 Å². The summed E-state index contributed by atoms with van der Waals surface area (Å²) in [7, 11) is 0. The van der Waals surface area contributed by atoms with Crippen LogP contribution in [0.1, 0.15) is 24.7 Å². The second-order valence-corrected chi connectivity index (χ2v) is 8.59. The molecule has 0 saturated carbocycles. The van der Waals surface area contributed by atoms with E-state index >= 15 is 0 Å². The fourth-order valence-electron chi connectivity index (χ4n) is 3.45. The number of carbonyl (C=O) groups is 2. The third-order valence-corrected chi connectivity index (χ3v) is 5.98. The predicted molar refractivity (Wildman–Crippen MR) is 133 cm³/mol. The van der Waals surface area contributed by atoms with Crippen LogP contribution in [0.4, 0.5) is 10.5 Å². The molecule has 0 spiro atoms. The highest BCUT2D eigenvalue weighted by Gasteiger charge is 2.22. The fraction of sp³-hybridized carbons (Fsp3) is 0.308. The van der Waals surface area contributed by atoms with Crippen molar-refractivity contribution in [1.29, 1.82) is 0 Å². The summed E-state index contributed by atoms with van der Waals surface area (Å²) >= 11 is 1.65. The first-order valence-corrected chi connectivity index (χ1v) is 12.4. The van der Waals surface area contributed by atoms with Crippen molar-refractivity contribution in [1.82, 2.24) is 9.80 Å². The van der Waals surface area contributed by atoms with Gasteiger partial charge in [-0.05, 0) is 61.1 Å². The average molecular weight is 466 g/mol. The lowest BCUT2D eigenvalue weighted by atomic mass is 10.1. The Morgan fingerprint density at radius 3 is 2.33 bits per heavy atom. The minimum absolute atomic E-state index is 0.0120. The minimum atomic E-state index is -0.275. The van der Waals surface area contributed by atoms with Gasteiger partial charge in [0.05, 0.1) is 12.8 Å². The number of anilines is 1. The van der Waals surface area contributed by atoms with E-state index in [1.54, 1.807) is 27.8 Å². The molecule has 0 aliphatic carbocycles. The SMILES string of the molecule is CCCN(CC(=O)N(CCc1ccccc1)Cc1ccco1)C(=O)Nc1ccc(SC)cc1. The largest absolute Gasteiger partial charge is 0.467 e. The fourth-order valence-corrected chi connectivity index (χ4v) is 3.86. The van der Waals surface area contributed by atoms with Crippen molar-refractivity contribution in [2.24, 2.45) is 0 Å².